The molecule has 2 aliphatic carbocycles. The van der Waals surface area contributed by atoms with Crippen LogP contribution in [0.1, 0.15) is 50.6 Å². The maximum atomic E-state index is 12.6. The summed E-state index contributed by atoms with van der Waals surface area (Å²) in [6.45, 7) is 1.94. The van der Waals surface area contributed by atoms with Crippen LogP contribution >= 0.6 is 23.2 Å². The van der Waals surface area contributed by atoms with Gasteiger partial charge in [-0.05, 0) is 50.3 Å². The van der Waals surface area contributed by atoms with Crippen molar-refractivity contribution in [2.24, 2.45) is 17.8 Å². The number of ketones is 1. The van der Waals surface area contributed by atoms with E-state index in [-0.39, 0.29) is 29.7 Å². The highest BCUT2D eigenvalue weighted by molar-refractivity contribution is 6.42. The van der Waals surface area contributed by atoms with Crippen LogP contribution in [0, 0.1) is 17.8 Å². The van der Waals surface area contributed by atoms with Crippen molar-refractivity contribution >= 4 is 34.9 Å². The highest BCUT2D eigenvalue weighted by Crippen LogP contribution is 2.40. The third-order valence-electron chi connectivity index (χ3n) is 5.22. The van der Waals surface area contributed by atoms with E-state index < -0.39 is 0 Å². The molecule has 0 radical (unpaired) electrons. The lowest BCUT2D eigenvalue weighted by molar-refractivity contribution is -0.137. The van der Waals surface area contributed by atoms with Crippen molar-refractivity contribution in [3.05, 3.63) is 33.8 Å². The number of amides is 1. The quantitative estimate of drug-likeness (QED) is 0.865. The summed E-state index contributed by atoms with van der Waals surface area (Å²) in [7, 11) is 0. The molecule has 0 aliphatic heterocycles. The summed E-state index contributed by atoms with van der Waals surface area (Å²) in [5.41, 5.74) is 0.930. The largest absolute Gasteiger partial charge is 0.349 e. The number of rotatable bonds is 3. The zero-order valence-corrected chi connectivity index (χ0v) is 14.7. The first-order valence-electron chi connectivity index (χ1n) is 8.24. The first-order valence-corrected chi connectivity index (χ1v) is 9.00. The molecule has 2 fully saturated rings. The van der Waals surface area contributed by atoms with E-state index in [4.69, 9.17) is 23.2 Å². The van der Waals surface area contributed by atoms with Gasteiger partial charge in [0.25, 0.3) is 0 Å². The number of nitrogens with one attached hydrogen (secondary N) is 1. The third kappa shape index (κ3) is 3.56. The molecule has 0 saturated heterocycles. The van der Waals surface area contributed by atoms with Crippen LogP contribution < -0.4 is 5.32 Å². The Balaban J connectivity index is 1.64. The van der Waals surface area contributed by atoms with Crippen LogP contribution in [0.3, 0.4) is 0 Å². The molecule has 1 amide bonds. The van der Waals surface area contributed by atoms with Gasteiger partial charge in [-0.25, -0.2) is 0 Å². The maximum absolute atomic E-state index is 12.6. The fourth-order valence-electron chi connectivity index (χ4n) is 3.89. The summed E-state index contributed by atoms with van der Waals surface area (Å²) in [6.07, 6.45) is 4.42. The van der Waals surface area contributed by atoms with E-state index >= 15 is 0 Å². The Hall–Kier alpha value is -1.06. The lowest BCUT2D eigenvalue weighted by atomic mass is 9.67. The monoisotopic (exact) mass is 353 g/mol. The molecule has 0 heterocycles. The molecule has 124 valence electrons. The molecule has 1 aromatic rings. The minimum absolute atomic E-state index is 0.0479. The van der Waals surface area contributed by atoms with E-state index in [1.54, 1.807) is 12.1 Å². The summed E-state index contributed by atoms with van der Waals surface area (Å²) in [5, 5.41) is 4.06. The number of Topliss-reactive ketones (excluding diaryl/α,β-unsaturated/α-hetero) is 1. The number of hydrogen-bond donors (Lipinski definition) is 1. The van der Waals surface area contributed by atoms with E-state index in [2.05, 4.69) is 5.32 Å². The Kier molecular flexibility index (Phi) is 4.98. The van der Waals surface area contributed by atoms with Crippen LogP contribution in [0.15, 0.2) is 18.2 Å². The molecule has 3 unspecified atom stereocenters. The van der Waals surface area contributed by atoms with Gasteiger partial charge in [0.2, 0.25) is 5.91 Å². The molecule has 3 rings (SSSR count). The third-order valence-corrected chi connectivity index (χ3v) is 5.96. The zero-order chi connectivity index (χ0) is 16.6. The Labute approximate surface area is 146 Å². The summed E-state index contributed by atoms with van der Waals surface area (Å²) in [6, 6.07) is 5.27. The Morgan fingerprint density at radius 1 is 1.17 bits per heavy atom. The smallest absolute Gasteiger partial charge is 0.223 e. The zero-order valence-electron chi connectivity index (χ0n) is 13.1. The topological polar surface area (TPSA) is 46.2 Å². The Morgan fingerprint density at radius 3 is 2.43 bits per heavy atom. The second kappa shape index (κ2) is 6.82. The minimum atomic E-state index is -0.130. The summed E-state index contributed by atoms with van der Waals surface area (Å²) in [4.78, 5) is 24.7. The van der Waals surface area contributed by atoms with Crippen LogP contribution in [0.25, 0.3) is 0 Å². The highest BCUT2D eigenvalue weighted by Gasteiger charge is 2.41. The summed E-state index contributed by atoms with van der Waals surface area (Å²) < 4.78 is 0. The highest BCUT2D eigenvalue weighted by atomic mass is 35.5. The molecule has 3 nitrogen and oxygen atoms in total. The second-order valence-electron chi connectivity index (χ2n) is 6.80. The molecule has 0 spiro atoms. The predicted molar refractivity (Wildman–Crippen MR) is 91.6 cm³/mol. The number of hydrogen-bond acceptors (Lipinski definition) is 2. The van der Waals surface area contributed by atoms with Gasteiger partial charge in [0.1, 0.15) is 5.78 Å². The number of carbonyl (C=O) groups excluding carboxylic acids is 2. The van der Waals surface area contributed by atoms with Gasteiger partial charge in [-0.15, -0.1) is 0 Å². The molecule has 3 atom stereocenters. The average molecular weight is 354 g/mol. The fraction of sp³-hybridized carbons (Fsp3) is 0.556. The standard InChI is InChI=1S/C18H21Cl2NO2/c1-10(11-5-6-15(19)16(20)9-11)21-18(23)14-7-12-3-2-4-13(8-14)17(12)22/h5-6,9-10,12-14H,2-4,7-8H2,1H3,(H,21,23). The Morgan fingerprint density at radius 2 is 1.83 bits per heavy atom. The lowest BCUT2D eigenvalue weighted by Crippen LogP contribution is -2.43. The van der Waals surface area contributed by atoms with Gasteiger partial charge in [-0.3, -0.25) is 9.59 Å². The van der Waals surface area contributed by atoms with Crippen molar-refractivity contribution in [3.63, 3.8) is 0 Å². The molecular formula is C18H21Cl2NO2. The minimum Gasteiger partial charge on any atom is -0.349 e. The van der Waals surface area contributed by atoms with Crippen LogP contribution in [-0.4, -0.2) is 11.7 Å². The summed E-state index contributed by atoms with van der Waals surface area (Å²) in [5.74, 6) is 0.580. The van der Waals surface area contributed by atoms with E-state index in [0.29, 0.717) is 28.7 Å². The molecule has 2 saturated carbocycles. The molecule has 1 aromatic carbocycles. The van der Waals surface area contributed by atoms with Gasteiger partial charge in [0, 0.05) is 17.8 Å². The normalized spacial score (nSPS) is 28.3. The van der Waals surface area contributed by atoms with E-state index in [0.717, 1.165) is 24.8 Å². The number of fused-ring (bicyclic) bond motifs is 2. The number of halogens is 2. The van der Waals surface area contributed by atoms with Crippen molar-refractivity contribution < 1.29 is 9.59 Å². The van der Waals surface area contributed by atoms with E-state index in [9.17, 15) is 9.59 Å². The number of benzene rings is 1. The van der Waals surface area contributed by atoms with E-state index in [1.807, 2.05) is 13.0 Å². The lowest BCUT2D eigenvalue weighted by Gasteiger charge is -2.37. The van der Waals surface area contributed by atoms with Gasteiger partial charge >= 0.3 is 0 Å². The van der Waals surface area contributed by atoms with E-state index in [1.165, 1.54) is 0 Å². The SMILES string of the molecule is CC(NC(=O)C1CC2CCCC(C1)C2=O)c1ccc(Cl)c(Cl)c1. The van der Waals surface area contributed by atoms with Crippen molar-refractivity contribution in [1.82, 2.24) is 5.32 Å². The van der Waals surface area contributed by atoms with Crippen molar-refractivity contribution in [3.8, 4) is 0 Å². The second-order valence-corrected chi connectivity index (χ2v) is 7.61. The van der Waals surface area contributed by atoms with Crippen LogP contribution in [0.5, 0.6) is 0 Å². The fourth-order valence-corrected chi connectivity index (χ4v) is 4.20. The molecule has 0 aromatic heterocycles. The van der Waals surface area contributed by atoms with Crippen molar-refractivity contribution in [2.45, 2.75) is 45.1 Å². The first kappa shape index (κ1) is 16.8. The van der Waals surface area contributed by atoms with Gasteiger partial charge in [-0.2, -0.15) is 0 Å². The van der Waals surface area contributed by atoms with Gasteiger partial charge in [0.15, 0.2) is 0 Å². The Bertz CT molecular complexity index is 615. The average Bonchev–Trinajstić information content (AvgIpc) is 2.49. The van der Waals surface area contributed by atoms with Crippen molar-refractivity contribution in [1.29, 1.82) is 0 Å². The number of carbonyl (C=O) groups is 2. The molecule has 23 heavy (non-hydrogen) atoms. The van der Waals surface area contributed by atoms with Crippen LogP contribution in [0.2, 0.25) is 10.0 Å². The van der Waals surface area contributed by atoms with Crippen LogP contribution in [-0.2, 0) is 9.59 Å². The molecule has 2 aliphatic rings. The van der Waals surface area contributed by atoms with Crippen LogP contribution in [0.4, 0.5) is 0 Å². The summed E-state index contributed by atoms with van der Waals surface area (Å²) >= 11 is 12.0. The molecular weight excluding hydrogens is 333 g/mol. The predicted octanol–water partition coefficient (Wildman–Crippen LogP) is 4.57. The van der Waals surface area contributed by atoms with Gasteiger partial charge in [-0.1, -0.05) is 35.7 Å². The molecule has 5 heteroatoms. The maximum Gasteiger partial charge on any atom is 0.223 e. The van der Waals surface area contributed by atoms with Gasteiger partial charge < -0.3 is 5.32 Å². The first-order chi connectivity index (χ1) is 11.0. The molecule has 2 bridgehead atoms. The van der Waals surface area contributed by atoms with Gasteiger partial charge in [0.05, 0.1) is 16.1 Å². The molecule has 1 N–H and O–H groups in total. The van der Waals surface area contributed by atoms with Crippen molar-refractivity contribution in [2.75, 3.05) is 0 Å².